The molecule has 0 aliphatic carbocycles. The Morgan fingerprint density at radius 2 is 1.17 bits per heavy atom. The van der Waals surface area contributed by atoms with Gasteiger partial charge in [-0.05, 0) is 59.8 Å². The van der Waals surface area contributed by atoms with Crippen LogP contribution in [0.15, 0.2) is 0 Å². The number of ether oxygens (including phenoxy) is 1. The van der Waals surface area contributed by atoms with Gasteiger partial charge in [0.1, 0.15) is 5.60 Å². The quantitative estimate of drug-likeness (QED) is 0.0628. The first-order chi connectivity index (χ1) is 16.7. The van der Waals surface area contributed by atoms with Crippen molar-refractivity contribution in [2.24, 2.45) is 11.8 Å². The minimum Gasteiger partial charge on any atom is -0.693 e. The predicted molar refractivity (Wildman–Crippen MR) is 142 cm³/mol. The Bertz CT molecular complexity index is 693. The summed E-state index contributed by atoms with van der Waals surface area (Å²) in [5.41, 5.74) is 0.194. The van der Waals surface area contributed by atoms with Crippen LogP contribution < -0.4 is 5.32 Å². The number of hydrogen-bond donors (Lipinski definition) is 6. The standard InChI is InChI=1S/C12H23NO4.C9H17NO2.2HNO3.2H2N.2Y/c1-9(10(14)15)7-5-6-8-13-11(16)17-12(2,3)4;1-7(9(11)12)5-3-4-6-8(2)10;2*2-1(3)4;;;;/h9H,5-8H2,1-4H3,(H,13,16)(H,14,15);7,10H,3-6H2,1-2H3,(H,11,12);2*(H,2,3,4);2*1H2;;/q;;;;2*-1;;. The van der Waals surface area contributed by atoms with Crippen LogP contribution in [0.1, 0.15) is 86.5 Å². The zero-order valence-corrected chi connectivity index (χ0v) is 30.2. The van der Waals surface area contributed by atoms with Crippen LogP contribution in [0.25, 0.3) is 12.3 Å². The molecule has 18 nitrogen and oxygen atoms in total. The third-order valence-corrected chi connectivity index (χ3v) is 4.01. The Labute approximate surface area is 290 Å². The van der Waals surface area contributed by atoms with Crippen molar-refractivity contribution in [3.05, 3.63) is 32.5 Å². The second kappa shape index (κ2) is 36.4. The smallest absolute Gasteiger partial charge is 0.407 e. The molecule has 0 aromatic rings. The maximum absolute atomic E-state index is 11.2. The molecule has 0 saturated heterocycles. The first-order valence-electron chi connectivity index (χ1n) is 11.4. The average molecular weight is 752 g/mol. The minimum atomic E-state index is -1.50. The van der Waals surface area contributed by atoms with Crippen molar-refractivity contribution >= 4 is 23.7 Å². The third kappa shape index (κ3) is 73.0. The summed E-state index contributed by atoms with van der Waals surface area (Å²) < 4.78 is 5.06. The molecular formula is C21H46N6O12Y2-2. The molecule has 1 amide bonds. The summed E-state index contributed by atoms with van der Waals surface area (Å²) in [6.45, 7) is 11.1. The topological polar surface area (TPSA) is 331 Å². The largest absolute Gasteiger partial charge is 0.693 e. The molecule has 0 heterocycles. The van der Waals surface area contributed by atoms with Gasteiger partial charge in [0.15, 0.2) is 0 Å². The monoisotopic (exact) mass is 752 g/mol. The van der Waals surface area contributed by atoms with E-state index in [1.807, 2.05) is 0 Å². The van der Waals surface area contributed by atoms with E-state index in [2.05, 4.69) is 5.32 Å². The number of unbranched alkanes of at least 4 members (excludes halogenated alkanes) is 2. The van der Waals surface area contributed by atoms with E-state index in [0.717, 1.165) is 38.5 Å². The predicted octanol–water partition coefficient (Wildman–Crippen LogP) is 5.44. The molecule has 240 valence electrons. The molecule has 10 N–H and O–H groups in total. The van der Waals surface area contributed by atoms with Crippen LogP contribution in [0.4, 0.5) is 4.79 Å². The fraction of sp³-hybridized carbons (Fsp3) is 0.810. The number of carboxylic acids is 2. The Morgan fingerprint density at radius 3 is 1.44 bits per heavy atom. The van der Waals surface area contributed by atoms with Crippen molar-refractivity contribution in [1.82, 2.24) is 5.32 Å². The number of alkyl carbamates (subject to hydrolysis) is 1. The molecular weight excluding hydrogens is 706 g/mol. The number of aliphatic carboxylic acids is 2. The second-order valence-corrected chi connectivity index (χ2v) is 8.90. The van der Waals surface area contributed by atoms with Crippen molar-refractivity contribution < 1.29 is 115 Å². The van der Waals surface area contributed by atoms with Gasteiger partial charge in [0.05, 0.1) is 11.8 Å². The first-order valence-corrected chi connectivity index (χ1v) is 11.4. The van der Waals surface area contributed by atoms with Crippen LogP contribution >= 0.6 is 0 Å². The molecule has 0 spiro atoms. The van der Waals surface area contributed by atoms with Crippen LogP contribution in [0, 0.1) is 37.5 Å². The van der Waals surface area contributed by atoms with E-state index in [0.29, 0.717) is 18.7 Å². The van der Waals surface area contributed by atoms with Crippen molar-refractivity contribution in [1.29, 1.82) is 5.41 Å². The minimum absolute atomic E-state index is 0. The molecule has 0 aliphatic rings. The maximum Gasteiger partial charge on any atom is 0.407 e. The summed E-state index contributed by atoms with van der Waals surface area (Å²) in [5.74, 6) is -2.06. The third-order valence-electron chi connectivity index (χ3n) is 4.01. The number of nitrogens with one attached hydrogen (secondary N) is 2. The van der Waals surface area contributed by atoms with E-state index >= 15 is 0 Å². The maximum atomic E-state index is 11.2. The molecule has 0 saturated carbocycles. The van der Waals surface area contributed by atoms with Gasteiger partial charge in [-0.25, -0.2) is 4.79 Å². The Morgan fingerprint density at radius 1 is 0.854 bits per heavy atom. The van der Waals surface area contributed by atoms with Gasteiger partial charge < -0.3 is 48.4 Å². The van der Waals surface area contributed by atoms with Crippen LogP contribution in [-0.2, 0) is 79.7 Å². The van der Waals surface area contributed by atoms with E-state index in [9.17, 15) is 14.4 Å². The summed E-state index contributed by atoms with van der Waals surface area (Å²) in [4.78, 5) is 48.9. The van der Waals surface area contributed by atoms with Crippen molar-refractivity contribution in [3.8, 4) is 0 Å². The van der Waals surface area contributed by atoms with E-state index in [-0.39, 0.29) is 89.6 Å². The van der Waals surface area contributed by atoms with Crippen molar-refractivity contribution in [2.45, 2.75) is 92.1 Å². The number of amides is 1. The van der Waals surface area contributed by atoms with Crippen LogP contribution in [-0.4, -0.2) is 66.7 Å². The van der Waals surface area contributed by atoms with Gasteiger partial charge in [0.25, 0.3) is 10.2 Å². The van der Waals surface area contributed by atoms with Gasteiger partial charge in [0.2, 0.25) is 0 Å². The molecule has 0 aromatic heterocycles. The van der Waals surface area contributed by atoms with E-state index in [1.165, 1.54) is 0 Å². The zero-order valence-electron chi connectivity index (χ0n) is 24.6. The Hall–Kier alpha value is -1.59. The SMILES string of the molecule is CC(=N)CCCCC(C)C(=O)O.CC(CCCCNC(=O)OC(C)(C)C)C(=O)O.O=[N+]([O-])O.O=[N+]([O-])O.[NH2-].[NH2-].[Y].[Y]. The van der Waals surface area contributed by atoms with Gasteiger partial charge >= 0.3 is 18.0 Å². The number of nitrogens with zero attached hydrogens (tertiary/aromatic N) is 2. The molecule has 20 heteroatoms. The fourth-order valence-electron chi connectivity index (χ4n) is 2.17. The molecule has 0 bridgehead atoms. The summed E-state index contributed by atoms with van der Waals surface area (Å²) >= 11 is 0. The van der Waals surface area contributed by atoms with Gasteiger partial charge in [-0.3, -0.25) is 9.59 Å². The molecule has 41 heavy (non-hydrogen) atoms. The molecule has 0 fully saturated rings. The molecule has 0 aromatic carbocycles. The number of nitrogens with two attached hydrogens (primary N) is 2. The Balaban J connectivity index is -0.0000000664. The zero-order chi connectivity index (χ0) is 30.2. The second-order valence-electron chi connectivity index (χ2n) is 8.90. The summed E-state index contributed by atoms with van der Waals surface area (Å²) in [6, 6.07) is 0. The number of carbonyl (C=O) groups is 3. The number of hydrogen-bond acceptors (Lipinski definition) is 9. The van der Waals surface area contributed by atoms with E-state index in [1.54, 1.807) is 41.5 Å². The number of carboxylic acid groups (broad SMARTS) is 2. The Kier molecular flexibility index (Phi) is 52.4. The molecule has 2 unspecified atom stereocenters. The molecule has 0 rings (SSSR count). The summed E-state index contributed by atoms with van der Waals surface area (Å²) in [5, 5.41) is 54.3. The van der Waals surface area contributed by atoms with Gasteiger partial charge in [0, 0.05) is 77.7 Å². The van der Waals surface area contributed by atoms with Crippen molar-refractivity contribution in [3.63, 3.8) is 0 Å². The molecule has 2 radical (unpaired) electrons. The number of carbonyl (C=O) groups excluding carboxylic acids is 1. The normalized spacial score (nSPS) is 10.2. The van der Waals surface area contributed by atoms with Gasteiger partial charge in [-0.15, -0.1) is 20.2 Å². The van der Waals surface area contributed by atoms with Crippen LogP contribution in [0.2, 0.25) is 0 Å². The first kappa shape index (κ1) is 58.9. The van der Waals surface area contributed by atoms with Gasteiger partial charge in [-0.2, -0.15) is 0 Å². The summed E-state index contributed by atoms with van der Waals surface area (Å²) in [6.07, 6.45) is 5.11. The van der Waals surface area contributed by atoms with Crippen molar-refractivity contribution in [2.75, 3.05) is 6.54 Å². The van der Waals surface area contributed by atoms with Crippen LogP contribution in [0.3, 0.4) is 0 Å². The fourth-order valence-corrected chi connectivity index (χ4v) is 2.17. The van der Waals surface area contributed by atoms with Crippen LogP contribution in [0.5, 0.6) is 0 Å². The molecule has 2 atom stereocenters. The average Bonchev–Trinajstić information content (AvgIpc) is 2.68. The van der Waals surface area contributed by atoms with Gasteiger partial charge in [-0.1, -0.05) is 26.7 Å². The molecule has 0 aliphatic heterocycles. The van der Waals surface area contributed by atoms with E-state index < -0.39 is 33.8 Å². The van der Waals surface area contributed by atoms with E-state index in [4.69, 9.17) is 51.0 Å². The number of rotatable bonds is 12. The summed E-state index contributed by atoms with van der Waals surface area (Å²) in [7, 11) is 0.